The summed E-state index contributed by atoms with van der Waals surface area (Å²) in [5.74, 6) is -1.72. The molecule has 196 valence electrons. The van der Waals surface area contributed by atoms with Crippen molar-refractivity contribution in [3.05, 3.63) is 36.9 Å². The summed E-state index contributed by atoms with van der Waals surface area (Å²) in [6, 6.07) is 6.29. The molecule has 36 heavy (non-hydrogen) atoms. The largest absolute Gasteiger partial charge is 0.497 e. The smallest absolute Gasteiger partial charge is 0.312 e. The minimum absolute atomic E-state index is 0.0726. The minimum atomic E-state index is -1.07. The van der Waals surface area contributed by atoms with E-state index in [0.717, 1.165) is 6.42 Å². The van der Waals surface area contributed by atoms with Crippen LogP contribution in [0.1, 0.15) is 39.0 Å². The Morgan fingerprint density at radius 3 is 2.67 bits per heavy atom. The van der Waals surface area contributed by atoms with Crippen LogP contribution in [0.5, 0.6) is 5.75 Å². The zero-order valence-electron chi connectivity index (χ0n) is 21.1. The molecule has 3 heterocycles. The monoisotopic (exact) mass is 500 g/mol. The van der Waals surface area contributed by atoms with E-state index in [1.54, 1.807) is 54.2 Å². The number of unbranched alkanes of at least 4 members (excludes halogenated alkanes) is 2. The second-order valence-electron chi connectivity index (χ2n) is 9.56. The number of nitrogens with zero attached hydrogens (tertiary/aromatic N) is 2. The zero-order valence-corrected chi connectivity index (χ0v) is 21.1. The summed E-state index contributed by atoms with van der Waals surface area (Å²) < 4.78 is 17.0. The number of anilines is 1. The topological polar surface area (TPSA) is 106 Å². The van der Waals surface area contributed by atoms with Gasteiger partial charge in [-0.25, -0.2) is 0 Å². The normalized spacial score (nSPS) is 28.2. The zero-order chi connectivity index (χ0) is 25.9. The van der Waals surface area contributed by atoms with E-state index < -0.39 is 35.6 Å². The molecule has 0 saturated carbocycles. The summed E-state index contributed by atoms with van der Waals surface area (Å²) in [6.45, 7) is 6.45. The first-order chi connectivity index (χ1) is 17.4. The van der Waals surface area contributed by atoms with Crippen LogP contribution in [0.25, 0.3) is 0 Å². The third-order valence-electron chi connectivity index (χ3n) is 7.61. The third-order valence-corrected chi connectivity index (χ3v) is 7.61. The van der Waals surface area contributed by atoms with E-state index in [4.69, 9.17) is 14.2 Å². The molecule has 9 heteroatoms. The number of amides is 2. The van der Waals surface area contributed by atoms with Gasteiger partial charge in [-0.2, -0.15) is 0 Å². The lowest BCUT2D eigenvalue weighted by atomic mass is 9.70. The molecule has 0 aliphatic carbocycles. The number of aliphatic hydroxyl groups is 1. The Bertz CT molecular complexity index is 981. The van der Waals surface area contributed by atoms with Crippen molar-refractivity contribution in [2.45, 2.75) is 56.8 Å². The highest BCUT2D eigenvalue weighted by atomic mass is 16.6. The van der Waals surface area contributed by atoms with Gasteiger partial charge >= 0.3 is 5.97 Å². The fourth-order valence-corrected chi connectivity index (χ4v) is 6.11. The van der Waals surface area contributed by atoms with E-state index in [9.17, 15) is 19.5 Å². The first kappa shape index (κ1) is 26.2. The number of rotatable bonds is 12. The van der Waals surface area contributed by atoms with Crippen molar-refractivity contribution < 1.29 is 33.7 Å². The van der Waals surface area contributed by atoms with Crippen LogP contribution in [0, 0.1) is 11.8 Å². The van der Waals surface area contributed by atoms with E-state index in [1.165, 1.54) is 0 Å². The fourth-order valence-electron chi connectivity index (χ4n) is 6.11. The quantitative estimate of drug-likeness (QED) is 0.267. The lowest BCUT2D eigenvalue weighted by Gasteiger charge is -2.36. The highest BCUT2D eigenvalue weighted by Crippen LogP contribution is 2.59. The molecule has 1 aromatic carbocycles. The molecule has 3 aliphatic rings. The maximum atomic E-state index is 14.3. The molecule has 4 rings (SSSR count). The van der Waals surface area contributed by atoms with Gasteiger partial charge in [0.25, 0.3) is 5.91 Å². The summed E-state index contributed by atoms with van der Waals surface area (Å²) in [5, 5.41) is 9.18. The van der Waals surface area contributed by atoms with E-state index >= 15 is 0 Å². The van der Waals surface area contributed by atoms with Crippen LogP contribution >= 0.6 is 0 Å². The predicted octanol–water partition coefficient (Wildman–Crippen LogP) is 2.31. The molecule has 3 saturated heterocycles. The van der Waals surface area contributed by atoms with Crippen LogP contribution in [-0.4, -0.2) is 79.0 Å². The summed E-state index contributed by atoms with van der Waals surface area (Å²) >= 11 is 0. The van der Waals surface area contributed by atoms with Gasteiger partial charge in [0.05, 0.1) is 31.7 Å². The molecule has 1 N–H and O–H groups in total. The number of hydrogen-bond acceptors (Lipinski definition) is 7. The predicted molar refractivity (Wildman–Crippen MR) is 132 cm³/mol. The van der Waals surface area contributed by atoms with Gasteiger partial charge in [0.15, 0.2) is 0 Å². The highest BCUT2D eigenvalue weighted by Gasteiger charge is 2.75. The van der Waals surface area contributed by atoms with Gasteiger partial charge < -0.3 is 29.1 Å². The number of aliphatic hydroxyl groups excluding tert-OH is 1. The van der Waals surface area contributed by atoms with E-state index in [1.807, 2.05) is 0 Å². The van der Waals surface area contributed by atoms with Crippen LogP contribution in [0.2, 0.25) is 0 Å². The lowest BCUT2D eigenvalue weighted by Crippen LogP contribution is -2.56. The van der Waals surface area contributed by atoms with Crippen molar-refractivity contribution in [3.8, 4) is 5.75 Å². The Morgan fingerprint density at radius 1 is 1.28 bits per heavy atom. The molecule has 9 nitrogen and oxygen atoms in total. The first-order valence-corrected chi connectivity index (χ1v) is 12.8. The van der Waals surface area contributed by atoms with Gasteiger partial charge in [0, 0.05) is 25.4 Å². The second kappa shape index (κ2) is 11.0. The maximum Gasteiger partial charge on any atom is 0.312 e. The van der Waals surface area contributed by atoms with Crippen molar-refractivity contribution in [2.24, 2.45) is 11.8 Å². The Kier molecular flexibility index (Phi) is 8.00. The Labute approximate surface area is 212 Å². The van der Waals surface area contributed by atoms with Gasteiger partial charge in [0.2, 0.25) is 5.91 Å². The van der Waals surface area contributed by atoms with Gasteiger partial charge in [0.1, 0.15) is 17.4 Å². The highest BCUT2D eigenvalue weighted by molar-refractivity contribution is 6.04. The maximum absolute atomic E-state index is 14.3. The number of likely N-dealkylation sites (tertiary alicyclic amines) is 1. The molecule has 5 atom stereocenters. The number of fused-ring (bicyclic) bond motifs is 1. The van der Waals surface area contributed by atoms with Crippen molar-refractivity contribution in [3.63, 3.8) is 0 Å². The number of methoxy groups -OCH3 is 1. The number of esters is 1. The lowest BCUT2D eigenvalue weighted by molar-refractivity contribution is -0.154. The molecule has 2 bridgehead atoms. The Morgan fingerprint density at radius 2 is 2.03 bits per heavy atom. The Balaban J connectivity index is 1.71. The molecular weight excluding hydrogens is 464 g/mol. The summed E-state index contributed by atoms with van der Waals surface area (Å²) in [4.78, 5) is 44.2. The van der Waals surface area contributed by atoms with Crippen LogP contribution < -0.4 is 9.64 Å². The van der Waals surface area contributed by atoms with Gasteiger partial charge in [-0.3, -0.25) is 14.4 Å². The molecular formula is C27H36N2O7. The molecule has 2 unspecified atom stereocenters. The minimum Gasteiger partial charge on any atom is -0.497 e. The number of benzene rings is 1. The fraction of sp³-hybridized carbons (Fsp3) is 0.593. The number of carbonyl (C=O) groups excluding carboxylic acids is 3. The van der Waals surface area contributed by atoms with E-state index in [2.05, 4.69) is 6.58 Å². The van der Waals surface area contributed by atoms with Crippen molar-refractivity contribution in [1.82, 2.24) is 4.90 Å². The van der Waals surface area contributed by atoms with E-state index in [0.29, 0.717) is 43.7 Å². The molecule has 3 aliphatic heterocycles. The Hall–Kier alpha value is -2.91. The molecule has 0 radical (unpaired) electrons. The van der Waals surface area contributed by atoms with Crippen LogP contribution in [0.3, 0.4) is 0 Å². The average molecular weight is 501 g/mol. The van der Waals surface area contributed by atoms with Crippen LogP contribution in [0.4, 0.5) is 5.69 Å². The molecule has 0 aromatic heterocycles. The second-order valence-corrected chi connectivity index (χ2v) is 9.56. The molecule has 2 amide bonds. The molecule has 3 fully saturated rings. The standard InChI is InChI=1S/C27H36N2O7/c1-4-15-28(18-9-11-19(34-3)12-10-18)25(32)23-27-14-13-20(36-27)21(26(33)35-5-2)22(27)24(31)29(23)16-7-6-8-17-30/h4,9-12,20-23,30H,1,5-8,13-17H2,2-3H3/t20-,21+,22+,23?,27?/m1/s1. The summed E-state index contributed by atoms with van der Waals surface area (Å²) in [7, 11) is 1.58. The van der Waals surface area contributed by atoms with Crippen LogP contribution in [0.15, 0.2) is 36.9 Å². The van der Waals surface area contributed by atoms with Crippen LogP contribution in [-0.2, 0) is 23.9 Å². The summed E-state index contributed by atoms with van der Waals surface area (Å²) in [5.41, 5.74) is -0.415. The van der Waals surface area contributed by atoms with Crippen molar-refractivity contribution >= 4 is 23.5 Å². The number of hydrogen-bond donors (Lipinski definition) is 1. The van der Waals surface area contributed by atoms with Gasteiger partial charge in [-0.1, -0.05) is 6.08 Å². The summed E-state index contributed by atoms with van der Waals surface area (Å²) in [6.07, 6.45) is 4.31. The molecule has 1 spiro atoms. The number of carbonyl (C=O) groups is 3. The van der Waals surface area contributed by atoms with E-state index in [-0.39, 0.29) is 31.6 Å². The average Bonchev–Trinajstić information content (AvgIpc) is 3.52. The molecule has 1 aromatic rings. The third kappa shape index (κ3) is 4.39. The van der Waals surface area contributed by atoms with Crippen molar-refractivity contribution in [1.29, 1.82) is 0 Å². The SMILES string of the molecule is C=CCN(C(=O)C1N(CCCCCO)C(=O)[C@@H]2[C@@H](C(=O)OCC)[C@H]3CCC12O3)c1ccc(OC)cc1. The first-order valence-electron chi connectivity index (χ1n) is 12.8. The van der Waals surface area contributed by atoms with Gasteiger partial charge in [-0.05, 0) is 63.3 Å². The number of ether oxygens (including phenoxy) is 3. The van der Waals surface area contributed by atoms with Crippen molar-refractivity contribution in [2.75, 3.05) is 38.3 Å². The van der Waals surface area contributed by atoms with Gasteiger partial charge in [-0.15, -0.1) is 6.58 Å².